The fourth-order valence-electron chi connectivity index (χ4n) is 1.67. The molecule has 1 unspecified atom stereocenters. The van der Waals surface area contributed by atoms with Crippen molar-refractivity contribution in [3.05, 3.63) is 35.4 Å². The van der Waals surface area contributed by atoms with E-state index in [1.807, 2.05) is 12.1 Å². The van der Waals surface area contributed by atoms with E-state index >= 15 is 0 Å². The fraction of sp³-hybridized carbons (Fsp3) is 0.500. The summed E-state index contributed by atoms with van der Waals surface area (Å²) >= 11 is 0. The van der Waals surface area contributed by atoms with Crippen molar-refractivity contribution in [1.82, 2.24) is 0 Å². The molecule has 1 aromatic carbocycles. The molecular weight excluding hydrogens is 176 g/mol. The molecule has 76 valence electrons. The van der Waals surface area contributed by atoms with Gasteiger partial charge in [0.2, 0.25) is 0 Å². The standard InChI is InChI=1S/C12H16O2/c1-9(13)12-4-2-10(3-5-12)6-11-7-14-8-11/h2-5,9,11,13H,6-8H2,1H3. The Morgan fingerprint density at radius 3 is 2.43 bits per heavy atom. The lowest BCUT2D eigenvalue weighted by atomic mass is 9.97. The number of ether oxygens (including phenoxy) is 1. The van der Waals surface area contributed by atoms with Gasteiger partial charge in [-0.05, 0) is 24.5 Å². The Bertz CT molecular complexity index is 286. The Hall–Kier alpha value is -0.860. The maximum Gasteiger partial charge on any atom is 0.0761 e. The molecule has 0 radical (unpaired) electrons. The number of rotatable bonds is 3. The summed E-state index contributed by atoms with van der Waals surface area (Å²) in [5.74, 6) is 0.701. The van der Waals surface area contributed by atoms with Crippen LogP contribution >= 0.6 is 0 Å². The molecular formula is C12H16O2. The molecule has 0 aliphatic carbocycles. The predicted molar refractivity (Wildman–Crippen MR) is 55.1 cm³/mol. The van der Waals surface area contributed by atoms with Crippen molar-refractivity contribution < 1.29 is 9.84 Å². The molecule has 0 amide bonds. The third-order valence-electron chi connectivity index (χ3n) is 2.69. The lowest BCUT2D eigenvalue weighted by molar-refractivity contribution is -0.0312. The molecule has 0 saturated carbocycles. The van der Waals surface area contributed by atoms with Crippen LogP contribution in [0.4, 0.5) is 0 Å². The Morgan fingerprint density at radius 1 is 1.36 bits per heavy atom. The average Bonchev–Trinajstić information content (AvgIpc) is 2.12. The summed E-state index contributed by atoms with van der Waals surface area (Å²) in [7, 11) is 0. The number of aliphatic hydroxyl groups excluding tert-OH is 1. The van der Waals surface area contributed by atoms with E-state index in [1.54, 1.807) is 6.92 Å². The van der Waals surface area contributed by atoms with Gasteiger partial charge in [0.15, 0.2) is 0 Å². The first-order chi connectivity index (χ1) is 6.75. The third kappa shape index (κ3) is 2.14. The van der Waals surface area contributed by atoms with Gasteiger partial charge in [-0.3, -0.25) is 0 Å². The fourth-order valence-corrected chi connectivity index (χ4v) is 1.67. The lowest BCUT2D eigenvalue weighted by Crippen LogP contribution is -2.29. The van der Waals surface area contributed by atoms with Crippen molar-refractivity contribution in [2.45, 2.75) is 19.4 Å². The zero-order valence-electron chi connectivity index (χ0n) is 8.44. The normalized spacial score (nSPS) is 19.0. The largest absolute Gasteiger partial charge is 0.389 e. The van der Waals surface area contributed by atoms with Crippen molar-refractivity contribution in [2.24, 2.45) is 5.92 Å². The highest BCUT2D eigenvalue weighted by Crippen LogP contribution is 2.18. The molecule has 1 N–H and O–H groups in total. The summed E-state index contributed by atoms with van der Waals surface area (Å²) < 4.78 is 5.13. The molecule has 2 rings (SSSR count). The van der Waals surface area contributed by atoms with Gasteiger partial charge in [0.25, 0.3) is 0 Å². The van der Waals surface area contributed by atoms with Gasteiger partial charge in [-0.15, -0.1) is 0 Å². The molecule has 2 heteroatoms. The van der Waals surface area contributed by atoms with E-state index in [9.17, 15) is 5.11 Å². The van der Waals surface area contributed by atoms with Gasteiger partial charge < -0.3 is 9.84 Å². The van der Waals surface area contributed by atoms with E-state index in [1.165, 1.54) is 5.56 Å². The molecule has 0 aromatic heterocycles. The molecule has 1 atom stereocenters. The highest BCUT2D eigenvalue weighted by atomic mass is 16.5. The van der Waals surface area contributed by atoms with Crippen LogP contribution in [-0.4, -0.2) is 18.3 Å². The van der Waals surface area contributed by atoms with Crippen LogP contribution in [0.25, 0.3) is 0 Å². The number of aliphatic hydroxyl groups is 1. The molecule has 0 bridgehead atoms. The topological polar surface area (TPSA) is 29.5 Å². The zero-order chi connectivity index (χ0) is 9.97. The smallest absolute Gasteiger partial charge is 0.0761 e. The van der Waals surface area contributed by atoms with Gasteiger partial charge in [0.1, 0.15) is 0 Å². The molecule has 1 aromatic rings. The minimum Gasteiger partial charge on any atom is -0.389 e. The first-order valence-corrected chi connectivity index (χ1v) is 5.10. The van der Waals surface area contributed by atoms with Gasteiger partial charge in [-0.1, -0.05) is 24.3 Å². The molecule has 1 aliphatic heterocycles. The van der Waals surface area contributed by atoms with Crippen LogP contribution in [0, 0.1) is 5.92 Å². The third-order valence-corrected chi connectivity index (χ3v) is 2.69. The summed E-state index contributed by atoms with van der Waals surface area (Å²) in [4.78, 5) is 0. The second kappa shape index (κ2) is 4.11. The molecule has 2 nitrogen and oxygen atoms in total. The monoisotopic (exact) mass is 192 g/mol. The summed E-state index contributed by atoms with van der Waals surface area (Å²) in [6.45, 7) is 3.59. The number of hydrogen-bond donors (Lipinski definition) is 1. The van der Waals surface area contributed by atoms with Crippen LogP contribution in [0.5, 0.6) is 0 Å². The first kappa shape index (κ1) is 9.69. The highest BCUT2D eigenvalue weighted by molar-refractivity contribution is 5.24. The average molecular weight is 192 g/mol. The van der Waals surface area contributed by atoms with E-state index in [0.717, 1.165) is 25.2 Å². The summed E-state index contributed by atoms with van der Waals surface area (Å²) in [5, 5.41) is 9.33. The quantitative estimate of drug-likeness (QED) is 0.793. The van der Waals surface area contributed by atoms with E-state index in [-0.39, 0.29) is 6.10 Å². The Morgan fingerprint density at radius 2 is 2.00 bits per heavy atom. The van der Waals surface area contributed by atoms with E-state index in [0.29, 0.717) is 5.92 Å². The minimum absolute atomic E-state index is 0.365. The Kier molecular flexibility index (Phi) is 2.85. The molecule has 1 saturated heterocycles. The van der Waals surface area contributed by atoms with Crippen molar-refractivity contribution in [3.8, 4) is 0 Å². The minimum atomic E-state index is -0.365. The van der Waals surface area contributed by atoms with Crippen LogP contribution in [0.15, 0.2) is 24.3 Å². The van der Waals surface area contributed by atoms with Gasteiger partial charge in [-0.25, -0.2) is 0 Å². The van der Waals surface area contributed by atoms with Gasteiger partial charge in [0.05, 0.1) is 19.3 Å². The lowest BCUT2D eigenvalue weighted by Gasteiger charge is -2.25. The van der Waals surface area contributed by atoms with Crippen LogP contribution in [0.1, 0.15) is 24.2 Å². The second-order valence-corrected chi connectivity index (χ2v) is 4.03. The first-order valence-electron chi connectivity index (χ1n) is 5.10. The molecule has 1 fully saturated rings. The van der Waals surface area contributed by atoms with Crippen molar-refractivity contribution in [3.63, 3.8) is 0 Å². The van der Waals surface area contributed by atoms with Crippen LogP contribution in [0.3, 0.4) is 0 Å². The van der Waals surface area contributed by atoms with Gasteiger partial charge in [-0.2, -0.15) is 0 Å². The van der Waals surface area contributed by atoms with Crippen LogP contribution in [-0.2, 0) is 11.2 Å². The summed E-state index contributed by atoms with van der Waals surface area (Å²) in [6, 6.07) is 8.19. The van der Waals surface area contributed by atoms with Crippen molar-refractivity contribution in [1.29, 1.82) is 0 Å². The van der Waals surface area contributed by atoms with Gasteiger partial charge >= 0.3 is 0 Å². The van der Waals surface area contributed by atoms with Crippen molar-refractivity contribution in [2.75, 3.05) is 13.2 Å². The Labute approximate surface area is 84.5 Å². The Balaban J connectivity index is 1.98. The number of benzene rings is 1. The summed E-state index contributed by atoms with van der Waals surface area (Å²) in [6.07, 6.45) is 0.733. The predicted octanol–water partition coefficient (Wildman–Crippen LogP) is 1.93. The van der Waals surface area contributed by atoms with Crippen LogP contribution < -0.4 is 0 Å². The van der Waals surface area contributed by atoms with E-state index in [4.69, 9.17) is 4.74 Å². The van der Waals surface area contributed by atoms with E-state index in [2.05, 4.69) is 12.1 Å². The highest BCUT2D eigenvalue weighted by Gasteiger charge is 2.18. The second-order valence-electron chi connectivity index (χ2n) is 4.03. The summed E-state index contributed by atoms with van der Waals surface area (Å²) in [5.41, 5.74) is 2.32. The molecule has 1 aliphatic rings. The SMILES string of the molecule is CC(O)c1ccc(CC2COC2)cc1. The maximum atomic E-state index is 9.33. The van der Waals surface area contributed by atoms with Crippen molar-refractivity contribution >= 4 is 0 Å². The molecule has 14 heavy (non-hydrogen) atoms. The molecule has 0 spiro atoms. The van der Waals surface area contributed by atoms with E-state index < -0.39 is 0 Å². The van der Waals surface area contributed by atoms with Crippen LogP contribution in [0.2, 0.25) is 0 Å². The maximum absolute atomic E-state index is 9.33. The molecule has 1 heterocycles. The zero-order valence-corrected chi connectivity index (χ0v) is 8.44. The van der Waals surface area contributed by atoms with Gasteiger partial charge in [0, 0.05) is 5.92 Å². The number of hydrogen-bond acceptors (Lipinski definition) is 2.